The Morgan fingerprint density at radius 1 is 0.875 bits per heavy atom. The Balaban J connectivity index is 3.79. The zero-order valence-electron chi connectivity index (χ0n) is 10.7. The highest BCUT2D eigenvalue weighted by Crippen LogP contribution is 2.54. The molecule has 0 aliphatic carbocycles. The molecule has 0 amide bonds. The highest BCUT2D eigenvalue weighted by atomic mass is 79.9. The van der Waals surface area contributed by atoms with Crippen molar-refractivity contribution in [3.8, 4) is 0 Å². The molecule has 1 atom stereocenters. The van der Waals surface area contributed by atoms with E-state index in [2.05, 4.69) is 15.9 Å². The van der Waals surface area contributed by atoms with E-state index in [4.69, 9.17) is 5.73 Å². The molecule has 0 radical (unpaired) electrons. The topological polar surface area (TPSA) is 43.1 Å². The van der Waals surface area contributed by atoms with Crippen LogP contribution in [-0.2, 0) is 16.5 Å². The van der Waals surface area contributed by atoms with Crippen LogP contribution in [0, 0.1) is 0 Å². The number of halogens is 11. The van der Waals surface area contributed by atoms with Gasteiger partial charge in [0, 0.05) is 10.0 Å². The number of benzene rings is 1. The average Bonchev–Trinajstić information content (AvgIpc) is 2.36. The highest BCUT2D eigenvalue weighted by molar-refractivity contribution is 9.10. The van der Waals surface area contributed by atoms with E-state index in [9.17, 15) is 48.1 Å². The van der Waals surface area contributed by atoms with Crippen molar-refractivity contribution in [1.82, 2.24) is 0 Å². The molecule has 1 rings (SSSR count). The molecular weight excluding hydrogens is 452 g/mol. The van der Waals surface area contributed by atoms with Crippen LogP contribution in [0.25, 0.3) is 0 Å². The van der Waals surface area contributed by atoms with Crippen LogP contribution in [0.5, 0.6) is 0 Å². The van der Waals surface area contributed by atoms with Crippen LogP contribution in [0.15, 0.2) is 21.5 Å². The van der Waals surface area contributed by atoms with Crippen LogP contribution >= 0.6 is 15.9 Å². The second-order valence-electron chi connectivity index (χ2n) is 4.24. The molecule has 0 saturated heterocycles. The normalized spacial score (nSPS) is 15.5. The largest absolute Gasteiger partial charge is 0.475 e. The summed E-state index contributed by atoms with van der Waals surface area (Å²) in [6, 6.07) is -0.544. The quantitative estimate of drug-likeness (QED) is 0.506. The van der Waals surface area contributed by atoms with Gasteiger partial charge in [0.05, 0.1) is 10.6 Å². The van der Waals surface area contributed by atoms with Crippen molar-refractivity contribution in [3.05, 3.63) is 22.2 Å². The van der Waals surface area contributed by atoms with E-state index < -0.39 is 61.0 Å². The molecule has 1 aromatic rings. The van der Waals surface area contributed by atoms with Gasteiger partial charge in [-0.2, -0.15) is 39.5 Å². The van der Waals surface area contributed by atoms with Crippen molar-refractivity contribution in [1.29, 1.82) is 0 Å². The highest BCUT2D eigenvalue weighted by Gasteiger charge is 2.73. The third-order valence-corrected chi connectivity index (χ3v) is 4.49. The maximum absolute atomic E-state index is 13.9. The Kier molecular flexibility index (Phi) is 5.28. The van der Waals surface area contributed by atoms with E-state index in [1.165, 1.54) is 0 Å². The summed E-state index contributed by atoms with van der Waals surface area (Å²) in [6.07, 6.45) is -13.1. The molecule has 0 bridgehead atoms. The van der Waals surface area contributed by atoms with Crippen LogP contribution in [-0.4, -0.2) is 22.1 Å². The Hall–Kier alpha value is -1.05. The Labute approximate surface area is 137 Å². The summed E-state index contributed by atoms with van der Waals surface area (Å²) in [4.78, 5) is -1.64. The van der Waals surface area contributed by atoms with Crippen molar-refractivity contribution in [2.75, 3.05) is 5.73 Å². The standard InChI is InChI=1S/C10H4BrF10NOS/c11-4-1-3(7(12,8(13,14)15)9(16,17)18)2-5(6(4)22)24(23)10(19,20)21/h1-2H,22H2. The third-order valence-electron chi connectivity index (χ3n) is 2.68. The van der Waals surface area contributed by atoms with Crippen molar-refractivity contribution >= 4 is 32.4 Å². The molecule has 14 heteroatoms. The fourth-order valence-corrected chi connectivity index (χ4v) is 2.94. The second-order valence-corrected chi connectivity index (χ2v) is 6.53. The Bertz CT molecular complexity index is 651. The van der Waals surface area contributed by atoms with Gasteiger partial charge in [0.25, 0.3) is 0 Å². The summed E-state index contributed by atoms with van der Waals surface area (Å²) in [5.74, 6) is 0. The maximum Gasteiger partial charge on any atom is 0.475 e. The van der Waals surface area contributed by atoms with Gasteiger partial charge in [-0.3, -0.25) is 0 Å². The van der Waals surface area contributed by atoms with Gasteiger partial charge in [-0.25, -0.2) is 8.60 Å². The number of hydrogen-bond acceptors (Lipinski definition) is 2. The molecule has 0 saturated carbocycles. The minimum atomic E-state index is -6.54. The van der Waals surface area contributed by atoms with Gasteiger partial charge in [0.15, 0.2) is 10.8 Å². The van der Waals surface area contributed by atoms with Gasteiger partial charge in [0.1, 0.15) is 0 Å². The van der Waals surface area contributed by atoms with Crippen LogP contribution in [0.3, 0.4) is 0 Å². The van der Waals surface area contributed by atoms with Gasteiger partial charge >= 0.3 is 23.5 Å². The van der Waals surface area contributed by atoms with Gasteiger partial charge in [0.2, 0.25) is 0 Å². The number of alkyl halides is 10. The summed E-state index contributed by atoms with van der Waals surface area (Å²) in [5.41, 5.74) is -9.72. The zero-order chi connectivity index (χ0) is 19.3. The average molecular weight is 456 g/mol. The molecular formula is C10H4BrF10NOS. The van der Waals surface area contributed by atoms with E-state index in [0.29, 0.717) is 0 Å². The molecule has 138 valence electrons. The molecule has 2 N–H and O–H groups in total. The molecule has 0 aliphatic heterocycles. The van der Waals surface area contributed by atoms with Crippen LogP contribution in [0.4, 0.5) is 49.6 Å². The first-order valence-electron chi connectivity index (χ1n) is 5.35. The van der Waals surface area contributed by atoms with Gasteiger partial charge in [-0.05, 0) is 28.1 Å². The lowest BCUT2D eigenvalue weighted by molar-refractivity contribution is -0.348. The molecule has 0 heterocycles. The monoisotopic (exact) mass is 455 g/mol. The molecule has 24 heavy (non-hydrogen) atoms. The van der Waals surface area contributed by atoms with E-state index >= 15 is 0 Å². The summed E-state index contributed by atoms with van der Waals surface area (Å²) < 4.78 is 137. The first-order valence-corrected chi connectivity index (χ1v) is 7.29. The smallest absolute Gasteiger partial charge is 0.397 e. The first kappa shape index (κ1) is 21.0. The zero-order valence-corrected chi connectivity index (χ0v) is 13.1. The van der Waals surface area contributed by atoms with Gasteiger partial charge in [-0.1, -0.05) is 0 Å². The number of rotatable bonds is 2. The predicted molar refractivity (Wildman–Crippen MR) is 65.9 cm³/mol. The first-order chi connectivity index (χ1) is 10.4. The minimum absolute atomic E-state index is 0.0760. The summed E-state index contributed by atoms with van der Waals surface area (Å²) in [5, 5.41) is 0. The molecule has 0 fully saturated rings. The SMILES string of the molecule is Nc1c(Br)cc(C(F)(C(F)(F)F)C(F)(F)F)cc1S(=O)C(F)(F)F. The lowest BCUT2D eigenvalue weighted by atomic mass is 9.94. The summed E-state index contributed by atoms with van der Waals surface area (Å²) in [7, 11) is -4.08. The summed E-state index contributed by atoms with van der Waals surface area (Å²) >= 11 is 2.33. The summed E-state index contributed by atoms with van der Waals surface area (Å²) in [6.45, 7) is 0. The van der Waals surface area contributed by atoms with E-state index in [1.54, 1.807) is 0 Å². The third kappa shape index (κ3) is 3.48. The number of nitrogens with two attached hydrogens (primary N) is 1. The lowest BCUT2D eigenvalue weighted by Crippen LogP contribution is -2.50. The molecule has 0 aromatic heterocycles. The van der Waals surface area contributed by atoms with Crippen molar-refractivity contribution in [2.45, 2.75) is 28.4 Å². The molecule has 1 aromatic carbocycles. The van der Waals surface area contributed by atoms with Crippen LogP contribution < -0.4 is 5.73 Å². The molecule has 1 unspecified atom stereocenters. The van der Waals surface area contributed by atoms with E-state index in [1.807, 2.05) is 0 Å². The molecule has 2 nitrogen and oxygen atoms in total. The van der Waals surface area contributed by atoms with Crippen molar-refractivity contribution in [3.63, 3.8) is 0 Å². The second kappa shape index (κ2) is 6.04. The fraction of sp³-hybridized carbons (Fsp3) is 0.400. The van der Waals surface area contributed by atoms with Gasteiger partial charge in [-0.15, -0.1) is 0 Å². The van der Waals surface area contributed by atoms with E-state index in [0.717, 1.165) is 0 Å². The van der Waals surface area contributed by atoms with Crippen LogP contribution in [0.2, 0.25) is 0 Å². The van der Waals surface area contributed by atoms with Crippen LogP contribution in [0.1, 0.15) is 5.56 Å². The fourth-order valence-electron chi connectivity index (χ4n) is 1.56. The minimum Gasteiger partial charge on any atom is -0.397 e. The predicted octanol–water partition coefficient (Wildman–Crippen LogP) is 4.95. The maximum atomic E-state index is 13.9. The van der Waals surface area contributed by atoms with Gasteiger partial charge < -0.3 is 5.73 Å². The Morgan fingerprint density at radius 3 is 1.62 bits per heavy atom. The van der Waals surface area contributed by atoms with E-state index in [-0.39, 0.29) is 6.07 Å². The molecule has 0 aliphatic rings. The molecule has 0 spiro atoms. The number of anilines is 1. The Morgan fingerprint density at radius 2 is 1.29 bits per heavy atom. The van der Waals surface area contributed by atoms with Crippen molar-refractivity contribution < 1.29 is 48.1 Å². The number of nitrogen functional groups attached to an aromatic ring is 1. The lowest BCUT2D eigenvalue weighted by Gasteiger charge is -2.31. The van der Waals surface area contributed by atoms with Crippen molar-refractivity contribution in [2.24, 2.45) is 0 Å². The number of hydrogen-bond donors (Lipinski definition) is 1.